The summed E-state index contributed by atoms with van der Waals surface area (Å²) in [6, 6.07) is 0.491. The fourth-order valence-corrected chi connectivity index (χ4v) is 2.09. The number of nitrogens with zero attached hydrogens (tertiary/aromatic N) is 2. The predicted octanol–water partition coefficient (Wildman–Crippen LogP) is 1.53. The van der Waals surface area contributed by atoms with Gasteiger partial charge >= 0.3 is 5.97 Å². The Morgan fingerprint density at radius 1 is 1.72 bits per heavy atom. The van der Waals surface area contributed by atoms with Crippen molar-refractivity contribution in [1.82, 2.24) is 10.1 Å². The van der Waals surface area contributed by atoms with E-state index in [0.29, 0.717) is 12.2 Å². The van der Waals surface area contributed by atoms with Crippen molar-refractivity contribution in [2.45, 2.75) is 38.3 Å². The number of carboxylic acid groups (broad SMARTS) is 1. The van der Waals surface area contributed by atoms with Gasteiger partial charge in [0.05, 0.1) is 18.8 Å². The van der Waals surface area contributed by atoms with E-state index in [1.54, 1.807) is 6.07 Å². The lowest BCUT2D eigenvalue weighted by atomic mass is 10.2. The second kappa shape index (κ2) is 4.64. The van der Waals surface area contributed by atoms with Crippen molar-refractivity contribution in [1.29, 1.82) is 0 Å². The third-order valence-corrected chi connectivity index (χ3v) is 2.98. The number of carboxylic acids is 1. The molecule has 0 radical (unpaired) electrons. The van der Waals surface area contributed by atoms with Crippen molar-refractivity contribution in [3.8, 4) is 0 Å². The van der Waals surface area contributed by atoms with Gasteiger partial charge in [-0.1, -0.05) is 12.1 Å². The molecule has 2 heterocycles. The molecule has 1 aromatic heterocycles. The molecule has 7 heteroatoms. The highest BCUT2D eigenvalue weighted by Crippen LogP contribution is 2.33. The molecule has 0 amide bonds. The van der Waals surface area contributed by atoms with E-state index in [1.807, 2.05) is 6.92 Å². The van der Waals surface area contributed by atoms with Crippen molar-refractivity contribution in [2.75, 3.05) is 6.54 Å². The number of alkyl halides is 2. The second-order valence-electron chi connectivity index (χ2n) is 4.46. The number of carbonyl (C=O) groups is 1. The van der Waals surface area contributed by atoms with Gasteiger partial charge in [-0.2, -0.15) is 0 Å². The van der Waals surface area contributed by atoms with Crippen LogP contribution in [-0.4, -0.2) is 39.6 Å². The number of hydrogen-bond donors (Lipinski definition) is 1. The third kappa shape index (κ3) is 2.66. The summed E-state index contributed by atoms with van der Waals surface area (Å²) in [5, 5.41) is 12.7. The van der Waals surface area contributed by atoms with E-state index in [1.165, 1.54) is 4.90 Å². The van der Waals surface area contributed by atoms with Crippen LogP contribution in [0.5, 0.6) is 0 Å². The molecule has 0 bridgehead atoms. The topological polar surface area (TPSA) is 66.6 Å². The molecular formula is C11H14F2N2O3. The normalized spacial score (nSPS) is 23.4. The standard InChI is InChI=1S/C11H14F2N2O3/c1-2-7-3-8(18-14-7)5-15-6-11(12,13)4-9(15)10(16)17/h3,9H,2,4-6H2,1H3,(H,16,17)/t9-/m1/s1. The maximum atomic E-state index is 13.2. The Morgan fingerprint density at radius 2 is 2.44 bits per heavy atom. The zero-order valence-corrected chi connectivity index (χ0v) is 9.90. The Bertz CT molecular complexity index is 447. The summed E-state index contributed by atoms with van der Waals surface area (Å²) >= 11 is 0. The summed E-state index contributed by atoms with van der Waals surface area (Å²) in [4.78, 5) is 12.1. The van der Waals surface area contributed by atoms with Crippen LogP contribution in [0.1, 0.15) is 24.8 Å². The van der Waals surface area contributed by atoms with E-state index in [-0.39, 0.29) is 6.54 Å². The van der Waals surface area contributed by atoms with E-state index in [2.05, 4.69) is 5.16 Å². The molecule has 1 fully saturated rings. The Labute approximate surface area is 102 Å². The van der Waals surface area contributed by atoms with Gasteiger partial charge in [0.25, 0.3) is 5.92 Å². The quantitative estimate of drug-likeness (QED) is 0.889. The van der Waals surface area contributed by atoms with Gasteiger partial charge in [-0.05, 0) is 6.42 Å². The first-order valence-corrected chi connectivity index (χ1v) is 5.70. The predicted molar refractivity (Wildman–Crippen MR) is 57.3 cm³/mol. The fourth-order valence-electron chi connectivity index (χ4n) is 2.09. The Hall–Kier alpha value is -1.50. The van der Waals surface area contributed by atoms with Crippen LogP contribution >= 0.6 is 0 Å². The average Bonchev–Trinajstić information content (AvgIpc) is 2.83. The van der Waals surface area contributed by atoms with Crippen LogP contribution in [0.3, 0.4) is 0 Å². The summed E-state index contributed by atoms with van der Waals surface area (Å²) in [7, 11) is 0. The van der Waals surface area contributed by atoms with Gasteiger partial charge in [0.1, 0.15) is 6.04 Å². The first kappa shape index (κ1) is 12.9. The first-order valence-electron chi connectivity index (χ1n) is 5.70. The maximum absolute atomic E-state index is 13.2. The SMILES string of the molecule is CCc1cc(CN2CC(F)(F)C[C@@H]2C(=O)O)on1. The van der Waals surface area contributed by atoms with E-state index < -0.39 is 30.9 Å². The molecule has 0 aromatic carbocycles. The molecule has 1 aliphatic heterocycles. The van der Waals surface area contributed by atoms with Crippen LogP contribution in [-0.2, 0) is 17.8 Å². The highest BCUT2D eigenvalue weighted by atomic mass is 19.3. The Balaban J connectivity index is 2.09. The van der Waals surface area contributed by atoms with Crippen molar-refractivity contribution >= 4 is 5.97 Å². The minimum atomic E-state index is -2.96. The highest BCUT2D eigenvalue weighted by molar-refractivity contribution is 5.74. The van der Waals surface area contributed by atoms with E-state index in [4.69, 9.17) is 9.63 Å². The lowest BCUT2D eigenvalue weighted by Gasteiger charge is -2.18. The smallest absolute Gasteiger partial charge is 0.321 e. The number of hydrogen-bond acceptors (Lipinski definition) is 4. The summed E-state index contributed by atoms with van der Waals surface area (Å²) in [5.74, 6) is -3.78. The number of aromatic nitrogens is 1. The van der Waals surface area contributed by atoms with Crippen molar-refractivity contribution in [3.63, 3.8) is 0 Å². The van der Waals surface area contributed by atoms with Crippen LogP contribution in [0, 0.1) is 0 Å². The Kier molecular flexibility index (Phi) is 3.34. The minimum Gasteiger partial charge on any atom is -0.480 e. The zero-order valence-electron chi connectivity index (χ0n) is 9.90. The summed E-state index contributed by atoms with van der Waals surface area (Å²) in [6.45, 7) is 1.37. The molecule has 0 spiro atoms. The van der Waals surface area contributed by atoms with Crippen LogP contribution < -0.4 is 0 Å². The molecule has 5 nitrogen and oxygen atoms in total. The molecule has 0 aliphatic carbocycles. The lowest BCUT2D eigenvalue weighted by molar-refractivity contribution is -0.142. The van der Waals surface area contributed by atoms with Crippen molar-refractivity contribution in [3.05, 3.63) is 17.5 Å². The van der Waals surface area contributed by atoms with E-state index in [0.717, 1.165) is 5.69 Å². The van der Waals surface area contributed by atoms with Gasteiger partial charge in [0, 0.05) is 12.5 Å². The van der Waals surface area contributed by atoms with Crippen LogP contribution in [0.4, 0.5) is 8.78 Å². The maximum Gasteiger partial charge on any atom is 0.321 e. The molecule has 1 aromatic rings. The largest absolute Gasteiger partial charge is 0.480 e. The molecule has 1 aliphatic rings. The molecule has 0 unspecified atom stereocenters. The van der Waals surface area contributed by atoms with Gasteiger partial charge < -0.3 is 9.63 Å². The molecule has 18 heavy (non-hydrogen) atoms. The average molecular weight is 260 g/mol. The van der Waals surface area contributed by atoms with E-state index >= 15 is 0 Å². The van der Waals surface area contributed by atoms with Gasteiger partial charge in [-0.15, -0.1) is 0 Å². The van der Waals surface area contributed by atoms with Crippen LogP contribution in [0.25, 0.3) is 0 Å². The van der Waals surface area contributed by atoms with Crippen molar-refractivity contribution in [2.24, 2.45) is 0 Å². The molecule has 1 atom stereocenters. The summed E-state index contributed by atoms with van der Waals surface area (Å²) in [6.07, 6.45) is 0.0269. The molecule has 100 valence electrons. The zero-order chi connectivity index (χ0) is 13.3. The number of rotatable bonds is 4. The third-order valence-electron chi connectivity index (χ3n) is 2.98. The van der Waals surface area contributed by atoms with Gasteiger partial charge in [-0.3, -0.25) is 9.69 Å². The Morgan fingerprint density at radius 3 is 3.00 bits per heavy atom. The van der Waals surface area contributed by atoms with Gasteiger partial charge in [-0.25, -0.2) is 8.78 Å². The monoisotopic (exact) mass is 260 g/mol. The van der Waals surface area contributed by atoms with Crippen LogP contribution in [0.2, 0.25) is 0 Å². The fraction of sp³-hybridized carbons (Fsp3) is 0.636. The number of likely N-dealkylation sites (tertiary alicyclic amines) is 1. The first-order chi connectivity index (χ1) is 8.41. The summed E-state index contributed by atoms with van der Waals surface area (Å²) in [5.41, 5.74) is 0.725. The highest BCUT2D eigenvalue weighted by Gasteiger charge is 2.48. The number of halogens is 2. The molecular weight excluding hydrogens is 246 g/mol. The van der Waals surface area contributed by atoms with Crippen molar-refractivity contribution < 1.29 is 23.2 Å². The minimum absolute atomic E-state index is 0.0412. The lowest BCUT2D eigenvalue weighted by Crippen LogP contribution is -2.35. The number of aryl methyl sites for hydroxylation is 1. The molecule has 1 saturated heterocycles. The summed E-state index contributed by atoms with van der Waals surface area (Å²) < 4.78 is 31.4. The number of aliphatic carboxylic acids is 1. The molecule has 1 N–H and O–H groups in total. The van der Waals surface area contributed by atoms with Crippen LogP contribution in [0.15, 0.2) is 10.6 Å². The van der Waals surface area contributed by atoms with Gasteiger partial charge in [0.2, 0.25) is 0 Å². The van der Waals surface area contributed by atoms with E-state index in [9.17, 15) is 13.6 Å². The molecule has 2 rings (SSSR count). The molecule has 0 saturated carbocycles. The second-order valence-corrected chi connectivity index (χ2v) is 4.46. The van der Waals surface area contributed by atoms with Gasteiger partial charge in [0.15, 0.2) is 5.76 Å².